The Morgan fingerprint density at radius 2 is 1.94 bits per heavy atom. The molecule has 6 heteroatoms. The normalized spacial score (nSPS) is 10.4. The molecule has 1 N–H and O–H groups in total. The molecule has 0 bridgehead atoms. The molecule has 0 spiro atoms. The van der Waals surface area contributed by atoms with Gasteiger partial charge in [-0.25, -0.2) is 19.4 Å². The van der Waals surface area contributed by atoms with Crippen LogP contribution in [0, 0.1) is 13.8 Å². The lowest BCUT2D eigenvalue weighted by atomic mass is 10.4. The van der Waals surface area contributed by atoms with E-state index in [9.17, 15) is 4.79 Å². The summed E-state index contributed by atoms with van der Waals surface area (Å²) in [6.45, 7) is 3.56. The Labute approximate surface area is 91.6 Å². The molecule has 0 fully saturated rings. The molecule has 2 aromatic rings. The zero-order valence-corrected chi connectivity index (χ0v) is 8.88. The molecule has 6 nitrogen and oxygen atoms in total. The molecule has 0 amide bonds. The largest absolute Gasteiger partial charge is 0.476 e. The monoisotopic (exact) mass is 218 g/mol. The molecular weight excluding hydrogens is 208 g/mol. The van der Waals surface area contributed by atoms with Crippen LogP contribution in [-0.2, 0) is 0 Å². The number of hydrogen-bond donors (Lipinski definition) is 1. The van der Waals surface area contributed by atoms with E-state index in [-0.39, 0.29) is 5.69 Å². The van der Waals surface area contributed by atoms with E-state index in [2.05, 4.69) is 15.1 Å². The van der Waals surface area contributed by atoms with Crippen molar-refractivity contribution in [3.8, 4) is 5.69 Å². The second-order valence-corrected chi connectivity index (χ2v) is 3.38. The van der Waals surface area contributed by atoms with Gasteiger partial charge in [0, 0.05) is 5.69 Å². The van der Waals surface area contributed by atoms with Gasteiger partial charge in [0.05, 0.1) is 12.4 Å². The van der Waals surface area contributed by atoms with Gasteiger partial charge in [-0.2, -0.15) is 5.10 Å². The van der Waals surface area contributed by atoms with Gasteiger partial charge >= 0.3 is 5.97 Å². The van der Waals surface area contributed by atoms with Crippen LogP contribution < -0.4 is 0 Å². The quantitative estimate of drug-likeness (QED) is 0.812. The maximum Gasteiger partial charge on any atom is 0.356 e. The lowest BCUT2D eigenvalue weighted by Crippen LogP contribution is -2.03. The highest BCUT2D eigenvalue weighted by Crippen LogP contribution is 2.10. The molecule has 0 aliphatic carbocycles. The minimum absolute atomic E-state index is 0.0121. The summed E-state index contributed by atoms with van der Waals surface area (Å²) in [5.41, 5.74) is 1.39. The van der Waals surface area contributed by atoms with Gasteiger partial charge in [0.15, 0.2) is 5.69 Å². The van der Waals surface area contributed by atoms with Gasteiger partial charge in [-0.15, -0.1) is 0 Å². The first kappa shape index (κ1) is 10.3. The summed E-state index contributed by atoms with van der Waals surface area (Å²) in [5, 5.41) is 12.8. The van der Waals surface area contributed by atoms with E-state index in [1.54, 1.807) is 26.2 Å². The molecule has 0 aliphatic rings. The van der Waals surface area contributed by atoms with Gasteiger partial charge in [0.1, 0.15) is 11.5 Å². The minimum Gasteiger partial charge on any atom is -0.476 e. The van der Waals surface area contributed by atoms with Crippen molar-refractivity contribution in [3.05, 3.63) is 35.7 Å². The van der Waals surface area contributed by atoms with E-state index < -0.39 is 5.97 Å². The van der Waals surface area contributed by atoms with E-state index in [4.69, 9.17) is 5.11 Å². The van der Waals surface area contributed by atoms with Crippen molar-refractivity contribution in [2.75, 3.05) is 0 Å². The van der Waals surface area contributed by atoms with Crippen LogP contribution in [0.4, 0.5) is 0 Å². The van der Waals surface area contributed by atoms with Crippen molar-refractivity contribution in [2.24, 2.45) is 0 Å². The van der Waals surface area contributed by atoms with Gasteiger partial charge in [-0.05, 0) is 19.9 Å². The van der Waals surface area contributed by atoms with Crippen LogP contribution in [-0.4, -0.2) is 30.8 Å². The fourth-order valence-corrected chi connectivity index (χ4v) is 1.34. The standard InChI is InChI=1S/C10H10N4O2/c1-6-3-9(10(15)16)13-14(6)8-4-11-7(2)12-5-8/h3-5H,1-2H3,(H,15,16). The lowest BCUT2D eigenvalue weighted by molar-refractivity contribution is 0.0690. The van der Waals surface area contributed by atoms with E-state index >= 15 is 0 Å². The van der Waals surface area contributed by atoms with E-state index in [0.29, 0.717) is 11.5 Å². The number of hydrogen-bond acceptors (Lipinski definition) is 4. The lowest BCUT2D eigenvalue weighted by Gasteiger charge is -2.02. The Morgan fingerprint density at radius 3 is 2.44 bits per heavy atom. The zero-order valence-electron chi connectivity index (χ0n) is 8.88. The van der Waals surface area contributed by atoms with E-state index in [1.165, 1.54) is 10.7 Å². The molecule has 2 heterocycles. The van der Waals surface area contributed by atoms with E-state index in [0.717, 1.165) is 5.69 Å². The van der Waals surface area contributed by atoms with Crippen LogP contribution in [0.2, 0.25) is 0 Å². The number of nitrogens with zero attached hydrogens (tertiary/aromatic N) is 4. The summed E-state index contributed by atoms with van der Waals surface area (Å²) in [7, 11) is 0. The van der Waals surface area contributed by atoms with Crippen LogP contribution in [0.1, 0.15) is 22.0 Å². The Bertz CT molecular complexity index is 530. The predicted octanol–water partition coefficient (Wildman–Crippen LogP) is 0.977. The molecule has 0 atom stereocenters. The van der Waals surface area contributed by atoms with Crippen LogP contribution >= 0.6 is 0 Å². The van der Waals surface area contributed by atoms with Crippen molar-refractivity contribution in [2.45, 2.75) is 13.8 Å². The average molecular weight is 218 g/mol. The van der Waals surface area contributed by atoms with Crippen molar-refractivity contribution >= 4 is 5.97 Å². The molecule has 0 aliphatic heterocycles. The molecular formula is C10H10N4O2. The first-order chi connectivity index (χ1) is 7.58. The summed E-state index contributed by atoms with van der Waals surface area (Å²) in [4.78, 5) is 18.8. The number of aromatic nitrogens is 4. The van der Waals surface area contributed by atoms with Crippen molar-refractivity contribution in [1.82, 2.24) is 19.7 Å². The maximum absolute atomic E-state index is 10.7. The molecule has 0 unspecified atom stereocenters. The number of aromatic carboxylic acids is 1. The number of carboxylic acid groups (broad SMARTS) is 1. The van der Waals surface area contributed by atoms with Crippen LogP contribution in [0.25, 0.3) is 5.69 Å². The number of carbonyl (C=O) groups is 1. The third-order valence-electron chi connectivity index (χ3n) is 2.12. The smallest absolute Gasteiger partial charge is 0.356 e. The second kappa shape index (κ2) is 3.73. The van der Waals surface area contributed by atoms with Crippen molar-refractivity contribution < 1.29 is 9.90 Å². The Hall–Kier alpha value is -2.24. The summed E-state index contributed by atoms with van der Waals surface area (Å²) in [6, 6.07) is 1.50. The SMILES string of the molecule is Cc1ncc(-n2nc(C(=O)O)cc2C)cn1. The molecule has 82 valence electrons. The van der Waals surface area contributed by atoms with Crippen LogP contribution in [0.3, 0.4) is 0 Å². The topological polar surface area (TPSA) is 80.9 Å². The first-order valence-corrected chi connectivity index (χ1v) is 4.67. The summed E-state index contributed by atoms with van der Waals surface area (Å²) >= 11 is 0. The van der Waals surface area contributed by atoms with E-state index in [1.807, 2.05) is 0 Å². The maximum atomic E-state index is 10.7. The fourth-order valence-electron chi connectivity index (χ4n) is 1.34. The predicted molar refractivity (Wildman–Crippen MR) is 55.6 cm³/mol. The summed E-state index contributed by atoms with van der Waals surface area (Å²) in [5.74, 6) is -0.387. The first-order valence-electron chi connectivity index (χ1n) is 4.67. The highest BCUT2D eigenvalue weighted by molar-refractivity contribution is 5.85. The molecule has 0 saturated heterocycles. The number of rotatable bonds is 2. The second-order valence-electron chi connectivity index (χ2n) is 3.38. The third-order valence-corrected chi connectivity index (χ3v) is 2.12. The minimum atomic E-state index is -1.05. The van der Waals surface area contributed by atoms with Gasteiger partial charge in [-0.1, -0.05) is 0 Å². The molecule has 16 heavy (non-hydrogen) atoms. The highest BCUT2D eigenvalue weighted by atomic mass is 16.4. The van der Waals surface area contributed by atoms with Gasteiger partial charge in [0.2, 0.25) is 0 Å². The Morgan fingerprint density at radius 1 is 1.31 bits per heavy atom. The average Bonchev–Trinajstić information content (AvgIpc) is 2.62. The van der Waals surface area contributed by atoms with Gasteiger partial charge in [0.25, 0.3) is 0 Å². The number of aryl methyl sites for hydroxylation is 2. The zero-order chi connectivity index (χ0) is 11.7. The summed E-state index contributed by atoms with van der Waals surface area (Å²) in [6.07, 6.45) is 3.21. The molecule has 0 aromatic carbocycles. The molecule has 0 radical (unpaired) electrons. The molecule has 2 rings (SSSR count). The number of carboxylic acids is 1. The molecule has 0 saturated carbocycles. The van der Waals surface area contributed by atoms with Crippen molar-refractivity contribution in [1.29, 1.82) is 0 Å². The summed E-state index contributed by atoms with van der Waals surface area (Å²) < 4.78 is 1.50. The Kier molecular flexibility index (Phi) is 2.40. The van der Waals surface area contributed by atoms with Crippen molar-refractivity contribution in [3.63, 3.8) is 0 Å². The highest BCUT2D eigenvalue weighted by Gasteiger charge is 2.11. The van der Waals surface area contributed by atoms with Gasteiger partial charge in [-0.3, -0.25) is 0 Å². The van der Waals surface area contributed by atoms with Crippen LogP contribution in [0.5, 0.6) is 0 Å². The molecule has 2 aromatic heterocycles. The third kappa shape index (κ3) is 1.77. The Balaban J connectivity index is 2.47. The van der Waals surface area contributed by atoms with Crippen LogP contribution in [0.15, 0.2) is 18.5 Å². The fraction of sp³-hybridized carbons (Fsp3) is 0.200. The van der Waals surface area contributed by atoms with Gasteiger partial charge < -0.3 is 5.11 Å².